The summed E-state index contributed by atoms with van der Waals surface area (Å²) in [6, 6.07) is 5.50. The summed E-state index contributed by atoms with van der Waals surface area (Å²) in [6.07, 6.45) is 5.16. The van der Waals surface area contributed by atoms with Crippen molar-refractivity contribution in [2.75, 3.05) is 37.4 Å². The fraction of sp³-hybridized carbons (Fsp3) is 0.600. The second-order valence-corrected chi connectivity index (χ2v) is 7.67. The lowest BCUT2D eigenvalue weighted by Gasteiger charge is -2.34. The van der Waals surface area contributed by atoms with Crippen LogP contribution in [0.3, 0.4) is 0 Å². The zero-order valence-corrected chi connectivity index (χ0v) is 16.5. The van der Waals surface area contributed by atoms with Crippen molar-refractivity contribution in [3.63, 3.8) is 0 Å². The Bertz CT molecular complexity index is 686. The Morgan fingerprint density at radius 3 is 2.70 bits per heavy atom. The minimum Gasteiger partial charge on any atom is -0.479 e. The van der Waals surface area contributed by atoms with Crippen LogP contribution in [-0.4, -0.2) is 56.2 Å². The molecule has 27 heavy (non-hydrogen) atoms. The van der Waals surface area contributed by atoms with Gasteiger partial charge in [0.2, 0.25) is 0 Å². The molecule has 1 aromatic carbocycles. The van der Waals surface area contributed by atoms with Crippen LogP contribution in [0.1, 0.15) is 39.0 Å². The number of hydrogen-bond donors (Lipinski definition) is 2. The average molecular weight is 374 g/mol. The molecule has 148 valence electrons. The van der Waals surface area contributed by atoms with Crippen LogP contribution >= 0.6 is 0 Å². The van der Waals surface area contributed by atoms with Crippen molar-refractivity contribution in [1.29, 1.82) is 0 Å². The van der Waals surface area contributed by atoms with Gasteiger partial charge in [0, 0.05) is 24.8 Å². The molecule has 1 heterocycles. The lowest BCUT2D eigenvalue weighted by Crippen LogP contribution is -2.47. The standard InChI is InChI=1S/C20H30N4O3/c1-14-19(25)24(12-11-23(2)3)17-13-16(9-10-18(17)27-14)22-20(26)21-15-7-5-4-6-8-15/h9-10,13-15H,4-8,11-12H2,1-3H3,(H2,21,22,26). The highest BCUT2D eigenvalue weighted by Gasteiger charge is 2.31. The average Bonchev–Trinajstić information content (AvgIpc) is 2.63. The molecule has 1 unspecified atom stereocenters. The first kappa shape index (κ1) is 19.5. The number of ether oxygens (including phenoxy) is 1. The number of urea groups is 1. The largest absolute Gasteiger partial charge is 0.479 e. The van der Waals surface area contributed by atoms with E-state index < -0.39 is 6.10 Å². The van der Waals surface area contributed by atoms with E-state index in [1.807, 2.05) is 37.2 Å². The maximum absolute atomic E-state index is 12.6. The molecule has 1 saturated carbocycles. The Hall–Kier alpha value is -2.28. The predicted octanol–water partition coefficient (Wildman–Crippen LogP) is 2.82. The van der Waals surface area contributed by atoms with Gasteiger partial charge in [-0.1, -0.05) is 19.3 Å². The van der Waals surface area contributed by atoms with Crippen LogP contribution in [0.4, 0.5) is 16.2 Å². The van der Waals surface area contributed by atoms with Crippen LogP contribution in [0, 0.1) is 0 Å². The van der Waals surface area contributed by atoms with Gasteiger partial charge >= 0.3 is 6.03 Å². The summed E-state index contributed by atoms with van der Waals surface area (Å²) >= 11 is 0. The molecule has 0 spiro atoms. The molecule has 1 aliphatic carbocycles. The highest BCUT2D eigenvalue weighted by atomic mass is 16.5. The van der Waals surface area contributed by atoms with E-state index in [1.54, 1.807) is 11.8 Å². The Balaban J connectivity index is 1.71. The number of amides is 3. The monoisotopic (exact) mass is 374 g/mol. The van der Waals surface area contributed by atoms with Crippen molar-refractivity contribution in [3.8, 4) is 5.75 Å². The van der Waals surface area contributed by atoms with Crippen LogP contribution in [0.15, 0.2) is 18.2 Å². The summed E-state index contributed by atoms with van der Waals surface area (Å²) in [4.78, 5) is 28.7. The van der Waals surface area contributed by atoms with Gasteiger partial charge in [-0.2, -0.15) is 0 Å². The molecule has 3 amide bonds. The first-order chi connectivity index (χ1) is 12.9. The molecular formula is C20H30N4O3. The molecule has 0 saturated heterocycles. The molecule has 2 aliphatic rings. The molecule has 0 aromatic heterocycles. The lowest BCUT2D eigenvalue weighted by molar-refractivity contribution is -0.125. The van der Waals surface area contributed by atoms with Crippen molar-refractivity contribution < 1.29 is 14.3 Å². The summed E-state index contributed by atoms with van der Waals surface area (Å²) in [7, 11) is 3.95. The second-order valence-electron chi connectivity index (χ2n) is 7.67. The van der Waals surface area contributed by atoms with E-state index in [9.17, 15) is 9.59 Å². The van der Waals surface area contributed by atoms with Gasteiger partial charge in [0.1, 0.15) is 5.75 Å². The van der Waals surface area contributed by atoms with Gasteiger partial charge in [-0.05, 0) is 52.1 Å². The molecule has 0 bridgehead atoms. The number of carbonyl (C=O) groups is 2. The number of anilines is 2. The van der Waals surface area contributed by atoms with Crippen molar-refractivity contribution in [3.05, 3.63) is 18.2 Å². The van der Waals surface area contributed by atoms with Gasteiger partial charge in [-0.3, -0.25) is 4.79 Å². The number of fused-ring (bicyclic) bond motifs is 1. The molecule has 7 nitrogen and oxygen atoms in total. The Labute approximate surface area is 161 Å². The number of hydrogen-bond acceptors (Lipinski definition) is 4. The summed E-state index contributed by atoms with van der Waals surface area (Å²) < 4.78 is 5.73. The Morgan fingerprint density at radius 1 is 1.26 bits per heavy atom. The maximum atomic E-state index is 12.6. The summed E-state index contributed by atoms with van der Waals surface area (Å²) in [5.74, 6) is 0.604. The van der Waals surface area contributed by atoms with E-state index in [2.05, 4.69) is 10.6 Å². The second kappa shape index (κ2) is 8.61. The molecule has 3 rings (SSSR count). The van der Waals surface area contributed by atoms with Crippen molar-refractivity contribution in [2.24, 2.45) is 0 Å². The number of carbonyl (C=O) groups excluding carboxylic acids is 2. The number of nitrogens with one attached hydrogen (secondary N) is 2. The number of rotatable bonds is 5. The molecule has 2 N–H and O–H groups in total. The normalized spacial score (nSPS) is 20.2. The van der Waals surface area contributed by atoms with Gasteiger partial charge in [-0.25, -0.2) is 4.79 Å². The third-order valence-electron chi connectivity index (χ3n) is 5.14. The van der Waals surface area contributed by atoms with E-state index in [1.165, 1.54) is 19.3 Å². The highest BCUT2D eigenvalue weighted by Crippen LogP contribution is 2.36. The molecule has 1 fully saturated rings. The quantitative estimate of drug-likeness (QED) is 0.831. The molecule has 1 aliphatic heterocycles. The van der Waals surface area contributed by atoms with Crippen LogP contribution in [0.25, 0.3) is 0 Å². The van der Waals surface area contributed by atoms with Crippen LogP contribution in [0.2, 0.25) is 0 Å². The van der Waals surface area contributed by atoms with E-state index in [4.69, 9.17) is 4.74 Å². The van der Waals surface area contributed by atoms with Crippen LogP contribution in [-0.2, 0) is 4.79 Å². The van der Waals surface area contributed by atoms with Crippen LogP contribution in [0.5, 0.6) is 5.75 Å². The summed E-state index contributed by atoms with van der Waals surface area (Å²) in [5, 5.41) is 5.94. The SMILES string of the molecule is CC1Oc2ccc(NC(=O)NC3CCCCC3)cc2N(CCN(C)C)C1=O. The first-order valence-electron chi connectivity index (χ1n) is 9.78. The first-order valence-corrected chi connectivity index (χ1v) is 9.78. The van der Waals surface area contributed by atoms with Gasteiger partial charge in [-0.15, -0.1) is 0 Å². The summed E-state index contributed by atoms with van der Waals surface area (Å²) in [5.41, 5.74) is 1.36. The third-order valence-corrected chi connectivity index (χ3v) is 5.14. The van der Waals surface area contributed by atoms with E-state index in [-0.39, 0.29) is 18.0 Å². The van der Waals surface area contributed by atoms with Crippen molar-refractivity contribution in [1.82, 2.24) is 10.2 Å². The van der Waals surface area contributed by atoms with Crippen molar-refractivity contribution >= 4 is 23.3 Å². The molecular weight excluding hydrogens is 344 g/mol. The zero-order valence-electron chi connectivity index (χ0n) is 16.5. The number of benzene rings is 1. The fourth-order valence-electron chi connectivity index (χ4n) is 3.61. The van der Waals surface area contributed by atoms with Gasteiger partial charge in [0.15, 0.2) is 6.10 Å². The van der Waals surface area contributed by atoms with E-state index >= 15 is 0 Å². The fourth-order valence-corrected chi connectivity index (χ4v) is 3.61. The zero-order chi connectivity index (χ0) is 19.4. The van der Waals surface area contributed by atoms with E-state index in [0.717, 1.165) is 19.4 Å². The molecule has 1 atom stereocenters. The smallest absolute Gasteiger partial charge is 0.319 e. The molecule has 1 aromatic rings. The van der Waals surface area contributed by atoms with Gasteiger partial charge in [0.25, 0.3) is 5.91 Å². The van der Waals surface area contributed by atoms with Crippen LogP contribution < -0.4 is 20.3 Å². The molecule has 0 radical (unpaired) electrons. The van der Waals surface area contributed by atoms with E-state index in [0.29, 0.717) is 23.7 Å². The summed E-state index contributed by atoms with van der Waals surface area (Å²) in [6.45, 7) is 3.08. The van der Waals surface area contributed by atoms with Gasteiger partial charge < -0.3 is 25.2 Å². The van der Waals surface area contributed by atoms with Gasteiger partial charge in [0.05, 0.1) is 5.69 Å². The highest BCUT2D eigenvalue weighted by molar-refractivity contribution is 6.01. The Morgan fingerprint density at radius 2 is 2.00 bits per heavy atom. The number of likely N-dealkylation sites (N-methyl/N-ethyl adjacent to an activating group) is 1. The maximum Gasteiger partial charge on any atom is 0.319 e. The van der Waals surface area contributed by atoms with Crippen molar-refractivity contribution in [2.45, 2.75) is 51.2 Å². The lowest BCUT2D eigenvalue weighted by atomic mass is 9.96. The topological polar surface area (TPSA) is 73.9 Å². The third kappa shape index (κ3) is 4.91. The minimum atomic E-state index is -0.506. The molecule has 7 heteroatoms. The number of nitrogens with zero attached hydrogens (tertiary/aromatic N) is 2. The Kier molecular flexibility index (Phi) is 6.21. The minimum absolute atomic E-state index is 0.0619. The predicted molar refractivity (Wildman–Crippen MR) is 106 cm³/mol.